The molecule has 0 saturated carbocycles. The van der Waals surface area contributed by atoms with Crippen molar-refractivity contribution in [3.8, 4) is 26.9 Å². The smallest absolute Gasteiger partial charge is 0.148 e. The lowest BCUT2D eigenvalue weighted by molar-refractivity contribution is 0.415. The van der Waals surface area contributed by atoms with E-state index in [4.69, 9.17) is 4.74 Å². The first-order chi connectivity index (χ1) is 10.4. The van der Waals surface area contributed by atoms with Gasteiger partial charge in [-0.05, 0) is 24.3 Å². The zero-order valence-electron chi connectivity index (χ0n) is 12.4. The van der Waals surface area contributed by atoms with Crippen molar-refractivity contribution in [1.29, 1.82) is 0 Å². The fraction of sp³-hybridized carbons (Fsp3) is 0.176. The van der Waals surface area contributed by atoms with Gasteiger partial charge in [0.05, 0.1) is 7.11 Å². The van der Waals surface area contributed by atoms with Crippen molar-refractivity contribution in [3.63, 3.8) is 0 Å². The van der Waals surface area contributed by atoms with Gasteiger partial charge < -0.3 is 4.74 Å². The van der Waals surface area contributed by atoms with E-state index in [1.54, 1.807) is 18.4 Å². The molecule has 0 saturated heterocycles. The molecule has 0 amide bonds. The molecule has 3 aromatic rings. The topological polar surface area (TPSA) is 35.0 Å². The lowest BCUT2D eigenvalue weighted by Gasteiger charge is -1.99. The van der Waals surface area contributed by atoms with Crippen LogP contribution in [0.4, 0.5) is 0 Å². The van der Waals surface area contributed by atoms with Gasteiger partial charge in [0.25, 0.3) is 0 Å². The van der Waals surface area contributed by atoms with Gasteiger partial charge in [-0.3, -0.25) is 0 Å². The maximum Gasteiger partial charge on any atom is 0.148 e. The number of ether oxygens (including phenoxy) is 1. The quantitative estimate of drug-likeness (QED) is 0.689. The largest absolute Gasteiger partial charge is 0.497 e. The molecule has 0 fully saturated rings. The lowest BCUT2D eigenvalue weighted by Crippen LogP contribution is -1.82. The zero-order valence-corrected chi connectivity index (χ0v) is 13.2. The number of nitrogens with zero attached hydrogens (tertiary/aromatic N) is 2. The van der Waals surface area contributed by atoms with Crippen LogP contribution in [0.1, 0.15) is 13.8 Å². The zero-order chi connectivity index (χ0) is 15.1. The molecule has 0 aliphatic heterocycles. The van der Waals surface area contributed by atoms with Crippen LogP contribution in [0.3, 0.4) is 0 Å². The van der Waals surface area contributed by atoms with Crippen molar-refractivity contribution in [2.75, 3.05) is 7.11 Å². The summed E-state index contributed by atoms with van der Waals surface area (Å²) in [6, 6.07) is 17.9. The summed E-state index contributed by atoms with van der Waals surface area (Å²) in [6.07, 6.45) is 0. The van der Waals surface area contributed by atoms with E-state index in [1.807, 2.05) is 68.4 Å². The van der Waals surface area contributed by atoms with Crippen molar-refractivity contribution in [2.24, 2.45) is 0 Å². The average Bonchev–Trinajstić information content (AvgIpc) is 3.08. The summed E-state index contributed by atoms with van der Waals surface area (Å²) in [5.41, 5.74) is 2.15. The molecule has 3 nitrogen and oxygen atoms in total. The normalized spacial score (nSPS) is 9.67. The fourth-order valence-corrected chi connectivity index (χ4v) is 2.63. The lowest BCUT2D eigenvalue weighted by atomic mass is 10.2. The number of hydrogen-bond donors (Lipinski definition) is 0. The molecule has 1 heterocycles. The van der Waals surface area contributed by atoms with Crippen LogP contribution in [0.2, 0.25) is 0 Å². The molecule has 0 aliphatic carbocycles. The van der Waals surface area contributed by atoms with Crippen molar-refractivity contribution >= 4 is 11.3 Å². The SMILES string of the molecule is CC.COc1ccc(-c2nnc(-c3ccccc3)s2)cc1. The van der Waals surface area contributed by atoms with Crippen molar-refractivity contribution < 1.29 is 4.74 Å². The maximum atomic E-state index is 5.15. The van der Waals surface area contributed by atoms with Gasteiger partial charge in [-0.15, -0.1) is 10.2 Å². The maximum absolute atomic E-state index is 5.15. The minimum atomic E-state index is 0.844. The van der Waals surface area contributed by atoms with Gasteiger partial charge in [0, 0.05) is 11.1 Å². The van der Waals surface area contributed by atoms with E-state index in [0.29, 0.717) is 0 Å². The summed E-state index contributed by atoms with van der Waals surface area (Å²) >= 11 is 1.59. The van der Waals surface area contributed by atoms with Gasteiger partial charge >= 0.3 is 0 Å². The van der Waals surface area contributed by atoms with Crippen LogP contribution in [0, 0.1) is 0 Å². The van der Waals surface area contributed by atoms with Crippen molar-refractivity contribution in [2.45, 2.75) is 13.8 Å². The van der Waals surface area contributed by atoms with E-state index in [2.05, 4.69) is 10.2 Å². The molecule has 0 radical (unpaired) electrons. The Morgan fingerprint density at radius 3 is 1.81 bits per heavy atom. The minimum Gasteiger partial charge on any atom is -0.497 e. The van der Waals surface area contributed by atoms with E-state index in [0.717, 1.165) is 26.9 Å². The summed E-state index contributed by atoms with van der Waals surface area (Å²) < 4.78 is 5.15. The van der Waals surface area contributed by atoms with E-state index >= 15 is 0 Å². The molecule has 108 valence electrons. The Morgan fingerprint density at radius 1 is 0.762 bits per heavy atom. The van der Waals surface area contributed by atoms with Gasteiger partial charge in [0.2, 0.25) is 0 Å². The minimum absolute atomic E-state index is 0.844. The van der Waals surface area contributed by atoms with E-state index in [9.17, 15) is 0 Å². The molecule has 0 spiro atoms. The molecule has 0 aliphatic rings. The first kappa shape index (κ1) is 15.2. The number of aromatic nitrogens is 2. The molecule has 0 bridgehead atoms. The molecule has 0 N–H and O–H groups in total. The Labute approximate surface area is 129 Å². The molecule has 4 heteroatoms. The van der Waals surface area contributed by atoms with Gasteiger partial charge in [-0.25, -0.2) is 0 Å². The third kappa shape index (κ3) is 3.67. The molecular weight excluding hydrogens is 280 g/mol. The predicted molar refractivity (Wildman–Crippen MR) is 88.7 cm³/mol. The summed E-state index contributed by atoms with van der Waals surface area (Å²) in [4.78, 5) is 0. The third-order valence-corrected chi connectivity index (χ3v) is 3.80. The summed E-state index contributed by atoms with van der Waals surface area (Å²) in [5, 5.41) is 10.3. The number of hydrogen-bond acceptors (Lipinski definition) is 4. The molecule has 21 heavy (non-hydrogen) atoms. The van der Waals surface area contributed by atoms with Gasteiger partial charge in [0.15, 0.2) is 0 Å². The standard InChI is InChI=1S/C15H12N2OS.C2H6/c1-18-13-9-7-12(8-10-13)15-17-16-14(19-15)11-5-3-2-4-6-11;1-2/h2-10H,1H3;1-2H3. The molecule has 0 unspecified atom stereocenters. The Hall–Kier alpha value is -2.20. The Bertz CT molecular complexity index is 663. The molecule has 1 aromatic heterocycles. The Balaban J connectivity index is 0.000000774. The second kappa shape index (κ2) is 7.55. The van der Waals surface area contributed by atoms with Crippen LogP contribution in [0.15, 0.2) is 54.6 Å². The molecule has 0 atom stereocenters. The Kier molecular flexibility index (Phi) is 5.46. The number of benzene rings is 2. The first-order valence-electron chi connectivity index (χ1n) is 6.90. The van der Waals surface area contributed by atoms with Crippen LogP contribution < -0.4 is 4.74 Å². The van der Waals surface area contributed by atoms with Crippen molar-refractivity contribution in [3.05, 3.63) is 54.6 Å². The predicted octanol–water partition coefficient (Wildman–Crippen LogP) is 4.91. The second-order valence-electron chi connectivity index (χ2n) is 4.01. The van der Waals surface area contributed by atoms with Crippen LogP contribution in [0.5, 0.6) is 5.75 Å². The monoisotopic (exact) mass is 298 g/mol. The van der Waals surface area contributed by atoms with E-state index in [-0.39, 0.29) is 0 Å². The third-order valence-electron chi connectivity index (χ3n) is 2.78. The first-order valence-corrected chi connectivity index (χ1v) is 7.72. The van der Waals surface area contributed by atoms with Crippen molar-refractivity contribution in [1.82, 2.24) is 10.2 Å². The van der Waals surface area contributed by atoms with Gasteiger partial charge in [0.1, 0.15) is 15.8 Å². The fourth-order valence-electron chi connectivity index (χ4n) is 1.77. The highest BCUT2D eigenvalue weighted by Gasteiger charge is 2.08. The summed E-state index contributed by atoms with van der Waals surface area (Å²) in [5.74, 6) is 0.844. The molecule has 3 rings (SSSR count). The number of rotatable bonds is 3. The average molecular weight is 298 g/mol. The van der Waals surface area contributed by atoms with Crippen LogP contribution in [-0.2, 0) is 0 Å². The van der Waals surface area contributed by atoms with E-state index in [1.165, 1.54) is 0 Å². The highest BCUT2D eigenvalue weighted by atomic mass is 32.1. The van der Waals surface area contributed by atoms with Crippen LogP contribution >= 0.6 is 11.3 Å². The highest BCUT2D eigenvalue weighted by molar-refractivity contribution is 7.17. The number of methoxy groups -OCH3 is 1. The van der Waals surface area contributed by atoms with E-state index < -0.39 is 0 Å². The molecular formula is C17H18N2OS. The summed E-state index contributed by atoms with van der Waals surface area (Å²) in [7, 11) is 1.66. The van der Waals surface area contributed by atoms with Gasteiger partial charge in [-0.1, -0.05) is 55.5 Å². The Morgan fingerprint density at radius 2 is 1.29 bits per heavy atom. The van der Waals surface area contributed by atoms with Crippen LogP contribution in [0.25, 0.3) is 21.1 Å². The highest BCUT2D eigenvalue weighted by Crippen LogP contribution is 2.30. The van der Waals surface area contributed by atoms with Crippen LogP contribution in [-0.4, -0.2) is 17.3 Å². The second-order valence-corrected chi connectivity index (χ2v) is 4.98. The van der Waals surface area contributed by atoms with Gasteiger partial charge in [-0.2, -0.15) is 0 Å². The molecule has 2 aromatic carbocycles. The summed E-state index contributed by atoms with van der Waals surface area (Å²) in [6.45, 7) is 4.00.